The van der Waals surface area contributed by atoms with Crippen molar-refractivity contribution in [2.75, 3.05) is 38.1 Å². The van der Waals surface area contributed by atoms with Gasteiger partial charge in [0.15, 0.2) is 0 Å². The van der Waals surface area contributed by atoms with E-state index in [0.717, 1.165) is 37.4 Å². The van der Waals surface area contributed by atoms with Crippen molar-refractivity contribution in [1.29, 1.82) is 0 Å². The number of likely N-dealkylation sites (N-methyl/N-ethyl adjacent to an activating group) is 1. The number of carbonyl (C=O) groups excluding carboxylic acids is 2. The fourth-order valence-electron chi connectivity index (χ4n) is 2.65. The van der Waals surface area contributed by atoms with E-state index in [2.05, 4.69) is 5.32 Å². The molecule has 0 saturated carbocycles. The molecular formula is C14H17N3O2. The van der Waals surface area contributed by atoms with E-state index in [0.29, 0.717) is 12.0 Å². The molecule has 1 N–H and O–H groups in total. The summed E-state index contributed by atoms with van der Waals surface area (Å²) >= 11 is 0. The SMILES string of the molecule is CN1C(=O)Cc2cc(C(=O)N3CCNCC3)ccc21. The number of hydrogen-bond donors (Lipinski definition) is 1. The van der Waals surface area contributed by atoms with Crippen molar-refractivity contribution in [2.24, 2.45) is 0 Å². The molecule has 5 heteroatoms. The van der Waals surface area contributed by atoms with Crippen LogP contribution in [0.1, 0.15) is 15.9 Å². The van der Waals surface area contributed by atoms with Gasteiger partial charge in [-0.2, -0.15) is 0 Å². The van der Waals surface area contributed by atoms with Crippen LogP contribution in [-0.2, 0) is 11.2 Å². The van der Waals surface area contributed by atoms with Crippen molar-refractivity contribution < 1.29 is 9.59 Å². The number of carbonyl (C=O) groups is 2. The number of nitrogens with zero attached hydrogens (tertiary/aromatic N) is 2. The number of hydrogen-bond acceptors (Lipinski definition) is 3. The molecule has 0 spiro atoms. The zero-order valence-electron chi connectivity index (χ0n) is 11.0. The predicted molar refractivity (Wildman–Crippen MR) is 72.3 cm³/mol. The first-order valence-electron chi connectivity index (χ1n) is 6.56. The zero-order chi connectivity index (χ0) is 13.4. The van der Waals surface area contributed by atoms with Gasteiger partial charge in [0.1, 0.15) is 0 Å². The summed E-state index contributed by atoms with van der Waals surface area (Å²) < 4.78 is 0. The van der Waals surface area contributed by atoms with Crippen molar-refractivity contribution >= 4 is 17.5 Å². The Hall–Kier alpha value is -1.88. The van der Waals surface area contributed by atoms with Crippen LogP contribution in [0.3, 0.4) is 0 Å². The zero-order valence-corrected chi connectivity index (χ0v) is 11.0. The second-order valence-electron chi connectivity index (χ2n) is 5.02. The van der Waals surface area contributed by atoms with Gasteiger partial charge in [0, 0.05) is 44.5 Å². The van der Waals surface area contributed by atoms with Gasteiger partial charge < -0.3 is 15.1 Å². The number of rotatable bonds is 1. The van der Waals surface area contributed by atoms with Gasteiger partial charge in [0.25, 0.3) is 5.91 Å². The van der Waals surface area contributed by atoms with Gasteiger partial charge >= 0.3 is 0 Å². The summed E-state index contributed by atoms with van der Waals surface area (Å²) in [5.41, 5.74) is 2.55. The number of fused-ring (bicyclic) bond motifs is 1. The molecule has 0 bridgehead atoms. The first kappa shape index (κ1) is 12.2. The fourth-order valence-corrected chi connectivity index (χ4v) is 2.65. The molecule has 2 aliphatic heterocycles. The first-order valence-corrected chi connectivity index (χ1v) is 6.56. The Morgan fingerprint density at radius 1 is 1.26 bits per heavy atom. The molecule has 1 saturated heterocycles. The Balaban J connectivity index is 1.85. The van der Waals surface area contributed by atoms with Crippen LogP contribution in [0.15, 0.2) is 18.2 Å². The lowest BCUT2D eigenvalue weighted by molar-refractivity contribution is -0.117. The summed E-state index contributed by atoms with van der Waals surface area (Å²) in [5.74, 6) is 0.146. The third-order valence-electron chi connectivity index (χ3n) is 3.81. The normalized spacial score (nSPS) is 18.7. The van der Waals surface area contributed by atoms with E-state index in [1.165, 1.54) is 0 Å². The van der Waals surface area contributed by atoms with Crippen molar-refractivity contribution in [3.63, 3.8) is 0 Å². The minimum absolute atomic E-state index is 0.0614. The second kappa shape index (κ2) is 4.66. The Labute approximate surface area is 112 Å². The van der Waals surface area contributed by atoms with Crippen molar-refractivity contribution in [2.45, 2.75) is 6.42 Å². The standard InChI is InChI=1S/C14H17N3O2/c1-16-12-3-2-10(8-11(12)9-13(16)18)14(19)17-6-4-15-5-7-17/h2-3,8,15H,4-7,9H2,1H3. The fraction of sp³-hybridized carbons (Fsp3) is 0.429. The largest absolute Gasteiger partial charge is 0.336 e. The first-order chi connectivity index (χ1) is 9.16. The highest BCUT2D eigenvalue weighted by atomic mass is 16.2. The third-order valence-corrected chi connectivity index (χ3v) is 3.81. The van der Waals surface area contributed by atoms with Gasteiger partial charge in [-0.1, -0.05) is 0 Å². The van der Waals surface area contributed by atoms with E-state index >= 15 is 0 Å². The highest BCUT2D eigenvalue weighted by Gasteiger charge is 2.26. The predicted octanol–water partition coefficient (Wildman–Crippen LogP) is 0.251. The molecule has 1 fully saturated rings. The molecule has 3 rings (SSSR count). The molecule has 0 aromatic heterocycles. The molecule has 1 aromatic carbocycles. The minimum atomic E-state index is 0.0614. The molecule has 2 heterocycles. The minimum Gasteiger partial charge on any atom is -0.336 e. The maximum absolute atomic E-state index is 12.4. The molecule has 5 nitrogen and oxygen atoms in total. The number of piperazine rings is 1. The van der Waals surface area contributed by atoms with Gasteiger partial charge in [-0.05, 0) is 23.8 Å². The lowest BCUT2D eigenvalue weighted by atomic mass is 10.1. The van der Waals surface area contributed by atoms with Gasteiger partial charge in [-0.25, -0.2) is 0 Å². The molecule has 0 unspecified atom stereocenters. The summed E-state index contributed by atoms with van der Waals surface area (Å²) in [6, 6.07) is 5.55. The summed E-state index contributed by atoms with van der Waals surface area (Å²) in [6.45, 7) is 3.18. The van der Waals surface area contributed by atoms with Crippen molar-refractivity contribution in [3.8, 4) is 0 Å². The smallest absolute Gasteiger partial charge is 0.253 e. The van der Waals surface area contributed by atoms with E-state index in [9.17, 15) is 9.59 Å². The average Bonchev–Trinajstić information content (AvgIpc) is 2.74. The number of nitrogens with one attached hydrogen (secondary N) is 1. The Kier molecular flexibility index (Phi) is 2.98. The van der Waals surface area contributed by atoms with Crippen LogP contribution in [0.4, 0.5) is 5.69 Å². The van der Waals surface area contributed by atoms with E-state index in [1.807, 2.05) is 23.1 Å². The van der Waals surface area contributed by atoms with Crippen LogP contribution in [0.2, 0.25) is 0 Å². The Bertz CT molecular complexity index is 535. The monoisotopic (exact) mass is 259 g/mol. The highest BCUT2D eigenvalue weighted by Crippen LogP contribution is 2.28. The van der Waals surface area contributed by atoms with Crippen molar-refractivity contribution in [1.82, 2.24) is 10.2 Å². The molecular weight excluding hydrogens is 242 g/mol. The Morgan fingerprint density at radius 2 is 2.00 bits per heavy atom. The second-order valence-corrected chi connectivity index (χ2v) is 5.02. The molecule has 2 amide bonds. The summed E-state index contributed by atoms with van der Waals surface area (Å²) in [5, 5.41) is 3.23. The molecule has 19 heavy (non-hydrogen) atoms. The number of benzene rings is 1. The van der Waals surface area contributed by atoms with Crippen molar-refractivity contribution in [3.05, 3.63) is 29.3 Å². The van der Waals surface area contributed by atoms with Crippen LogP contribution in [0, 0.1) is 0 Å². The van der Waals surface area contributed by atoms with Crippen LogP contribution in [0.5, 0.6) is 0 Å². The topological polar surface area (TPSA) is 52.7 Å². The number of anilines is 1. The van der Waals surface area contributed by atoms with E-state index in [-0.39, 0.29) is 11.8 Å². The van der Waals surface area contributed by atoms with E-state index < -0.39 is 0 Å². The van der Waals surface area contributed by atoms with Crippen LogP contribution < -0.4 is 10.2 Å². The van der Waals surface area contributed by atoms with Gasteiger partial charge in [0.05, 0.1) is 6.42 Å². The van der Waals surface area contributed by atoms with Crippen LogP contribution >= 0.6 is 0 Å². The highest BCUT2D eigenvalue weighted by molar-refractivity contribution is 6.03. The quantitative estimate of drug-likeness (QED) is 0.786. The van der Waals surface area contributed by atoms with E-state index in [1.54, 1.807) is 11.9 Å². The lowest BCUT2D eigenvalue weighted by Crippen LogP contribution is -2.46. The molecule has 0 aliphatic carbocycles. The van der Waals surface area contributed by atoms with Gasteiger partial charge in [0.2, 0.25) is 5.91 Å². The van der Waals surface area contributed by atoms with Crippen LogP contribution in [-0.4, -0.2) is 49.9 Å². The maximum Gasteiger partial charge on any atom is 0.253 e. The lowest BCUT2D eigenvalue weighted by Gasteiger charge is -2.27. The number of amides is 2. The summed E-state index contributed by atoms with van der Waals surface area (Å²) in [7, 11) is 1.77. The third kappa shape index (κ3) is 2.10. The molecule has 0 radical (unpaired) electrons. The van der Waals surface area contributed by atoms with E-state index in [4.69, 9.17) is 0 Å². The molecule has 100 valence electrons. The average molecular weight is 259 g/mol. The van der Waals surface area contributed by atoms with Gasteiger partial charge in [-0.15, -0.1) is 0 Å². The summed E-state index contributed by atoms with van der Waals surface area (Å²) in [4.78, 5) is 27.5. The summed E-state index contributed by atoms with van der Waals surface area (Å²) in [6.07, 6.45) is 0.397. The molecule has 1 aromatic rings. The molecule has 0 atom stereocenters. The maximum atomic E-state index is 12.4. The van der Waals surface area contributed by atoms with Gasteiger partial charge in [-0.3, -0.25) is 9.59 Å². The molecule has 2 aliphatic rings. The van der Waals surface area contributed by atoms with Crippen LogP contribution in [0.25, 0.3) is 0 Å². The Morgan fingerprint density at radius 3 is 2.74 bits per heavy atom.